The summed E-state index contributed by atoms with van der Waals surface area (Å²) in [5.41, 5.74) is 14.4. The third-order valence-corrected chi connectivity index (χ3v) is 5.32. The molecule has 1 amide bonds. The van der Waals surface area contributed by atoms with E-state index in [0.29, 0.717) is 29.9 Å². The lowest BCUT2D eigenvalue weighted by Crippen LogP contribution is -2.41. The van der Waals surface area contributed by atoms with E-state index in [1.165, 1.54) is 0 Å². The number of nitrogens with zero attached hydrogens (tertiary/aromatic N) is 3. The number of rotatable bonds is 9. The zero-order chi connectivity index (χ0) is 24.2. The number of carbonyl (C=O) groups excluding carboxylic acids is 1. The molecule has 0 aliphatic carbocycles. The Labute approximate surface area is 191 Å². The number of carboxylic acid groups (broad SMARTS) is 1. The molecular weight excluding hydrogens is 444 g/mol. The second-order valence-corrected chi connectivity index (χ2v) is 7.65. The number of amides is 1. The van der Waals surface area contributed by atoms with Crippen molar-refractivity contribution in [3.63, 3.8) is 0 Å². The number of hydrogen-bond acceptors (Lipinski definition) is 9. The molecule has 34 heavy (non-hydrogen) atoms. The third-order valence-electron chi connectivity index (χ3n) is 5.32. The van der Waals surface area contributed by atoms with Gasteiger partial charge in [0, 0.05) is 18.2 Å². The quantitative estimate of drug-likeness (QED) is 0.199. The number of aliphatic carboxylic acids is 1. The molecule has 4 rings (SSSR count). The lowest BCUT2D eigenvalue weighted by Gasteiger charge is -2.14. The summed E-state index contributed by atoms with van der Waals surface area (Å²) in [6.45, 7) is 0. The summed E-state index contributed by atoms with van der Waals surface area (Å²) in [5, 5.41) is 16.1. The summed E-state index contributed by atoms with van der Waals surface area (Å²) in [7, 11) is 0. The molecule has 3 heterocycles. The molecule has 4 aromatic rings. The van der Waals surface area contributed by atoms with E-state index < -0.39 is 23.7 Å². The summed E-state index contributed by atoms with van der Waals surface area (Å²) < 4.78 is 4.38. The minimum atomic E-state index is -1.19. The standard InChI is InChI=1S/C21H22N8O5/c22-16-15-12(9-24-17(15)28-20(23)27-16)6-3-10-1-4-11(5-2-10)18(30)25-13(19(31)32)7-8-14-26-21(33)34-29-14/h1-2,4-5,9,13H,3,6-8H2,(H,25,30)(H,31,32)(H,26,29,33)(H5,22,23,24,27,28)/t13-/m0/s1. The van der Waals surface area contributed by atoms with Gasteiger partial charge in [0.05, 0.1) is 5.39 Å². The second-order valence-electron chi connectivity index (χ2n) is 7.65. The van der Waals surface area contributed by atoms with Gasteiger partial charge in [0.15, 0.2) is 5.82 Å². The molecule has 1 aromatic carbocycles. The fourth-order valence-corrected chi connectivity index (χ4v) is 3.59. The zero-order valence-electron chi connectivity index (χ0n) is 17.9. The summed E-state index contributed by atoms with van der Waals surface area (Å²) in [6.07, 6.45) is 3.31. The Morgan fingerprint density at radius 3 is 2.56 bits per heavy atom. The van der Waals surface area contributed by atoms with Gasteiger partial charge in [-0.15, -0.1) is 0 Å². The number of fused-ring (bicyclic) bond motifs is 1. The molecule has 13 heteroatoms. The Kier molecular flexibility index (Phi) is 6.25. The van der Waals surface area contributed by atoms with Crippen LogP contribution in [0.15, 0.2) is 39.8 Å². The van der Waals surface area contributed by atoms with Crippen LogP contribution in [0.1, 0.15) is 33.7 Å². The highest BCUT2D eigenvalue weighted by Gasteiger charge is 2.21. The number of benzene rings is 1. The number of nitrogens with two attached hydrogens (primary N) is 2. The van der Waals surface area contributed by atoms with Crippen LogP contribution in [0.4, 0.5) is 11.8 Å². The fourth-order valence-electron chi connectivity index (χ4n) is 3.59. The van der Waals surface area contributed by atoms with Gasteiger partial charge >= 0.3 is 11.7 Å². The number of hydrogen-bond donors (Lipinski definition) is 6. The van der Waals surface area contributed by atoms with Crippen molar-refractivity contribution in [2.45, 2.75) is 31.7 Å². The summed E-state index contributed by atoms with van der Waals surface area (Å²) in [6, 6.07) is 5.71. The van der Waals surface area contributed by atoms with Crippen molar-refractivity contribution in [1.29, 1.82) is 0 Å². The molecular formula is C21H22N8O5. The lowest BCUT2D eigenvalue weighted by molar-refractivity contribution is -0.139. The van der Waals surface area contributed by atoms with Crippen molar-refractivity contribution in [2.24, 2.45) is 0 Å². The maximum Gasteiger partial charge on any atom is 0.438 e. The normalized spacial score (nSPS) is 12.0. The molecule has 0 saturated heterocycles. The highest BCUT2D eigenvalue weighted by Crippen LogP contribution is 2.24. The maximum atomic E-state index is 12.5. The SMILES string of the molecule is Nc1nc(N)c2c(CCc3ccc(C(=O)N[C@@H](CCc4noc(=O)[nH]4)C(=O)O)cc3)c[nH]c2n1. The molecule has 0 aliphatic rings. The van der Waals surface area contributed by atoms with Gasteiger partial charge in [0.25, 0.3) is 5.91 Å². The van der Waals surface area contributed by atoms with Crippen molar-refractivity contribution in [1.82, 2.24) is 30.4 Å². The van der Waals surface area contributed by atoms with Gasteiger partial charge in [-0.25, -0.2) is 9.59 Å². The monoisotopic (exact) mass is 466 g/mol. The maximum absolute atomic E-state index is 12.5. The van der Waals surface area contributed by atoms with Crippen molar-refractivity contribution in [3.05, 3.63) is 63.5 Å². The van der Waals surface area contributed by atoms with E-state index in [1.807, 2.05) is 6.20 Å². The largest absolute Gasteiger partial charge is 0.480 e. The van der Waals surface area contributed by atoms with Gasteiger partial charge in [0.2, 0.25) is 5.95 Å². The topological polar surface area (TPSA) is 219 Å². The highest BCUT2D eigenvalue weighted by atomic mass is 16.5. The molecule has 0 fully saturated rings. The van der Waals surface area contributed by atoms with E-state index in [-0.39, 0.29) is 24.6 Å². The number of H-pyrrole nitrogens is 2. The Morgan fingerprint density at radius 1 is 1.12 bits per heavy atom. The van der Waals surface area contributed by atoms with E-state index in [0.717, 1.165) is 16.5 Å². The van der Waals surface area contributed by atoms with Crippen molar-refractivity contribution in [2.75, 3.05) is 11.5 Å². The average molecular weight is 466 g/mol. The second kappa shape index (κ2) is 9.44. The Balaban J connectivity index is 1.36. The number of carboxylic acids is 1. The minimum absolute atomic E-state index is 0.0325. The van der Waals surface area contributed by atoms with Crippen LogP contribution in [-0.2, 0) is 24.1 Å². The Bertz CT molecular complexity index is 1390. The molecule has 176 valence electrons. The van der Waals surface area contributed by atoms with Gasteiger partial charge in [-0.05, 0) is 42.5 Å². The number of aromatic amines is 2. The van der Waals surface area contributed by atoms with E-state index in [2.05, 4.69) is 34.9 Å². The van der Waals surface area contributed by atoms with Crippen LogP contribution in [0, 0.1) is 0 Å². The van der Waals surface area contributed by atoms with Crippen LogP contribution < -0.4 is 22.5 Å². The summed E-state index contributed by atoms with van der Waals surface area (Å²) in [5.74, 6) is -1.82. The minimum Gasteiger partial charge on any atom is -0.480 e. The molecule has 0 radical (unpaired) electrons. The first-order valence-electron chi connectivity index (χ1n) is 10.4. The molecule has 13 nitrogen and oxygen atoms in total. The van der Waals surface area contributed by atoms with Crippen LogP contribution in [0.5, 0.6) is 0 Å². The number of aromatic nitrogens is 5. The van der Waals surface area contributed by atoms with Crippen molar-refractivity contribution >= 4 is 34.7 Å². The molecule has 0 spiro atoms. The first-order chi connectivity index (χ1) is 16.3. The molecule has 3 aromatic heterocycles. The first kappa shape index (κ1) is 22.5. The number of nitrogens with one attached hydrogen (secondary N) is 3. The molecule has 8 N–H and O–H groups in total. The third kappa shape index (κ3) is 5.03. The van der Waals surface area contributed by atoms with Crippen LogP contribution in [0.25, 0.3) is 11.0 Å². The van der Waals surface area contributed by atoms with E-state index >= 15 is 0 Å². The van der Waals surface area contributed by atoms with Crippen LogP contribution in [0.3, 0.4) is 0 Å². The van der Waals surface area contributed by atoms with E-state index in [9.17, 15) is 19.5 Å². The van der Waals surface area contributed by atoms with Gasteiger partial charge in [0.1, 0.15) is 17.5 Å². The number of aryl methyl sites for hydroxylation is 3. The van der Waals surface area contributed by atoms with E-state index in [1.54, 1.807) is 24.3 Å². The van der Waals surface area contributed by atoms with Gasteiger partial charge in [-0.1, -0.05) is 17.3 Å². The average Bonchev–Trinajstić information content (AvgIpc) is 3.41. The van der Waals surface area contributed by atoms with Crippen LogP contribution in [-0.4, -0.2) is 48.1 Å². The van der Waals surface area contributed by atoms with E-state index in [4.69, 9.17) is 11.5 Å². The molecule has 0 saturated carbocycles. The molecule has 0 bridgehead atoms. The predicted molar refractivity (Wildman–Crippen MR) is 121 cm³/mol. The summed E-state index contributed by atoms with van der Waals surface area (Å²) >= 11 is 0. The Hall–Kier alpha value is -4.68. The number of carbonyl (C=O) groups is 2. The molecule has 0 aliphatic heterocycles. The number of nitrogen functional groups attached to an aromatic ring is 2. The smallest absolute Gasteiger partial charge is 0.438 e. The van der Waals surface area contributed by atoms with Gasteiger partial charge in [-0.2, -0.15) is 9.97 Å². The number of anilines is 2. The predicted octanol–water partition coefficient (Wildman–Crippen LogP) is 0.400. The highest BCUT2D eigenvalue weighted by molar-refractivity contribution is 5.96. The zero-order valence-corrected chi connectivity index (χ0v) is 17.9. The Morgan fingerprint density at radius 2 is 1.88 bits per heavy atom. The van der Waals surface area contributed by atoms with Crippen molar-refractivity contribution < 1.29 is 19.2 Å². The lowest BCUT2D eigenvalue weighted by atomic mass is 10.0. The van der Waals surface area contributed by atoms with Crippen LogP contribution >= 0.6 is 0 Å². The fraction of sp³-hybridized carbons (Fsp3) is 0.238. The summed E-state index contributed by atoms with van der Waals surface area (Å²) in [4.78, 5) is 48.5. The van der Waals surface area contributed by atoms with Crippen LogP contribution in [0.2, 0.25) is 0 Å². The van der Waals surface area contributed by atoms with Gasteiger partial charge < -0.3 is 26.9 Å². The van der Waals surface area contributed by atoms with Crippen molar-refractivity contribution in [3.8, 4) is 0 Å². The molecule has 0 unspecified atom stereocenters. The van der Waals surface area contributed by atoms with Gasteiger partial charge in [-0.3, -0.25) is 14.3 Å². The molecule has 1 atom stereocenters. The first-order valence-corrected chi connectivity index (χ1v) is 10.4.